The highest BCUT2D eigenvalue weighted by atomic mass is 19.1. The Morgan fingerprint density at radius 2 is 2.02 bits per heavy atom. The number of fused-ring (bicyclic) bond motifs is 2. The molecule has 9 nitrogen and oxygen atoms in total. The molecule has 4 heterocycles. The van der Waals surface area contributed by atoms with Crippen LogP contribution in [0.3, 0.4) is 0 Å². The Morgan fingerprint density at radius 3 is 2.85 bits per heavy atom. The lowest BCUT2D eigenvalue weighted by molar-refractivity contribution is 0.0996. The highest BCUT2D eigenvalue weighted by Gasteiger charge is 2.37. The van der Waals surface area contributed by atoms with Gasteiger partial charge in [-0.25, -0.2) is 4.39 Å². The second-order valence-electron chi connectivity index (χ2n) is 11.0. The second kappa shape index (κ2) is 11.2. The van der Waals surface area contributed by atoms with E-state index in [0.717, 1.165) is 32.4 Å². The predicted octanol–water partition coefficient (Wildman–Crippen LogP) is 4.14. The van der Waals surface area contributed by atoms with Gasteiger partial charge in [-0.1, -0.05) is 13.0 Å². The third-order valence-corrected chi connectivity index (χ3v) is 8.18. The van der Waals surface area contributed by atoms with Crippen molar-refractivity contribution in [2.45, 2.75) is 39.2 Å². The molecule has 1 aromatic heterocycles. The fourth-order valence-electron chi connectivity index (χ4n) is 6.24. The number of phenolic OH excluding ortho intramolecular Hbond substituents is 1. The molecule has 0 saturated carbocycles. The number of halogens is 1. The van der Waals surface area contributed by atoms with Crippen LogP contribution in [0, 0.1) is 11.7 Å². The molecule has 0 aliphatic carbocycles. The Hall–Kier alpha value is -3.50. The summed E-state index contributed by atoms with van der Waals surface area (Å²) in [6, 6.07) is 6.45. The summed E-state index contributed by atoms with van der Waals surface area (Å²) in [5.74, 6) is 0.348. The highest BCUT2D eigenvalue weighted by Crippen LogP contribution is 2.41. The zero-order valence-corrected chi connectivity index (χ0v) is 23.2. The summed E-state index contributed by atoms with van der Waals surface area (Å²) in [6.45, 7) is 7.13. The van der Waals surface area contributed by atoms with E-state index in [9.17, 15) is 14.3 Å². The molecule has 1 N–H and O–H groups in total. The molecule has 3 aliphatic heterocycles. The standard InChI is InChI=1S/C30H36FN5O4/c1-3-22-23(31)8-7-20-14-21(37)15-25(26(20)22)36-17-24-27(29(36)38)28(35-10-5-12-39-13-11-35)33-30(32-24)40-18-19-6-4-9-34(2)16-19/h7-8,14-15,19,37H,3-6,9-13,16-18H2,1-2H3. The van der Waals surface area contributed by atoms with Crippen molar-refractivity contribution in [3.05, 3.63) is 46.9 Å². The fraction of sp³-hybridized carbons (Fsp3) is 0.500. The Morgan fingerprint density at radius 1 is 1.15 bits per heavy atom. The maximum atomic E-state index is 14.9. The number of phenols is 1. The highest BCUT2D eigenvalue weighted by molar-refractivity contribution is 6.16. The van der Waals surface area contributed by atoms with E-state index >= 15 is 0 Å². The molecule has 212 valence electrons. The predicted molar refractivity (Wildman–Crippen MR) is 151 cm³/mol. The Kier molecular flexibility index (Phi) is 7.46. The topological polar surface area (TPSA) is 91.3 Å². The third kappa shape index (κ3) is 5.06. The molecule has 2 fully saturated rings. The van der Waals surface area contributed by atoms with Gasteiger partial charge in [0.25, 0.3) is 5.91 Å². The summed E-state index contributed by atoms with van der Waals surface area (Å²) >= 11 is 0. The number of aromatic nitrogens is 2. The first-order valence-electron chi connectivity index (χ1n) is 14.2. The van der Waals surface area contributed by atoms with E-state index in [2.05, 4.69) is 16.8 Å². The number of likely N-dealkylation sites (tertiary alicyclic amines) is 1. The molecule has 10 heteroatoms. The van der Waals surface area contributed by atoms with Gasteiger partial charge in [0.15, 0.2) is 0 Å². The molecule has 3 aliphatic rings. The maximum absolute atomic E-state index is 14.9. The number of aryl methyl sites for hydroxylation is 1. The molecule has 0 bridgehead atoms. The van der Waals surface area contributed by atoms with Crippen molar-refractivity contribution in [3.8, 4) is 11.8 Å². The largest absolute Gasteiger partial charge is 0.508 e. The lowest BCUT2D eigenvalue weighted by atomic mass is 9.99. The number of rotatable bonds is 6. The zero-order chi connectivity index (χ0) is 27.8. The quantitative estimate of drug-likeness (QED) is 0.491. The van der Waals surface area contributed by atoms with Gasteiger partial charge in [-0.15, -0.1) is 0 Å². The van der Waals surface area contributed by atoms with Crippen LogP contribution in [0.15, 0.2) is 24.3 Å². The molecule has 2 aromatic carbocycles. The van der Waals surface area contributed by atoms with Crippen LogP contribution < -0.4 is 14.5 Å². The van der Waals surface area contributed by atoms with Crippen molar-refractivity contribution in [2.24, 2.45) is 5.92 Å². The van der Waals surface area contributed by atoms with E-state index in [4.69, 9.17) is 19.4 Å². The first-order valence-corrected chi connectivity index (χ1v) is 14.2. The van der Waals surface area contributed by atoms with Gasteiger partial charge in [-0.3, -0.25) is 4.79 Å². The average Bonchev–Trinajstić information content (AvgIpc) is 3.10. The van der Waals surface area contributed by atoms with Crippen LogP contribution in [0.2, 0.25) is 0 Å². The van der Waals surface area contributed by atoms with E-state index in [-0.39, 0.29) is 30.0 Å². The van der Waals surface area contributed by atoms with Crippen LogP contribution in [-0.4, -0.2) is 78.9 Å². The van der Waals surface area contributed by atoms with Crippen molar-refractivity contribution >= 4 is 28.2 Å². The summed E-state index contributed by atoms with van der Waals surface area (Å²) in [5.41, 5.74) is 1.97. The van der Waals surface area contributed by atoms with Crippen LogP contribution in [0.5, 0.6) is 11.8 Å². The number of aromatic hydroxyl groups is 1. The first kappa shape index (κ1) is 26.7. The number of hydrogen-bond donors (Lipinski definition) is 1. The molecule has 2 saturated heterocycles. The van der Waals surface area contributed by atoms with Crippen molar-refractivity contribution in [1.82, 2.24) is 14.9 Å². The number of anilines is 2. The fourth-order valence-corrected chi connectivity index (χ4v) is 6.24. The number of amides is 1. The Labute approximate surface area is 233 Å². The van der Waals surface area contributed by atoms with E-state index in [0.29, 0.717) is 84.3 Å². The van der Waals surface area contributed by atoms with E-state index in [1.807, 2.05) is 6.92 Å². The number of benzene rings is 2. The molecular formula is C30H36FN5O4. The second-order valence-corrected chi connectivity index (χ2v) is 11.0. The lowest BCUT2D eigenvalue weighted by Crippen LogP contribution is -2.35. The van der Waals surface area contributed by atoms with Crippen molar-refractivity contribution in [3.63, 3.8) is 0 Å². The van der Waals surface area contributed by atoms with Gasteiger partial charge >= 0.3 is 6.01 Å². The van der Waals surface area contributed by atoms with Crippen LogP contribution >= 0.6 is 0 Å². The molecule has 0 spiro atoms. The van der Waals surface area contributed by atoms with Crippen LogP contribution in [-0.2, 0) is 17.7 Å². The summed E-state index contributed by atoms with van der Waals surface area (Å²) in [4.78, 5) is 29.6. The van der Waals surface area contributed by atoms with E-state index in [1.54, 1.807) is 17.0 Å². The van der Waals surface area contributed by atoms with E-state index in [1.165, 1.54) is 12.1 Å². The van der Waals surface area contributed by atoms with Gasteiger partial charge in [-0.2, -0.15) is 9.97 Å². The molecule has 0 radical (unpaired) electrons. The van der Waals surface area contributed by atoms with Crippen LogP contribution in [0.25, 0.3) is 10.8 Å². The van der Waals surface area contributed by atoms with Gasteiger partial charge in [0.1, 0.15) is 22.9 Å². The number of nitrogens with zero attached hydrogens (tertiary/aromatic N) is 5. The minimum absolute atomic E-state index is 0.0114. The van der Waals surface area contributed by atoms with Gasteiger partial charge < -0.3 is 29.3 Å². The normalized spacial score (nSPS) is 20.2. The Balaban J connectivity index is 1.40. The van der Waals surface area contributed by atoms with Crippen molar-refractivity contribution in [1.29, 1.82) is 0 Å². The molecule has 40 heavy (non-hydrogen) atoms. The van der Waals surface area contributed by atoms with E-state index < -0.39 is 0 Å². The first-order chi connectivity index (χ1) is 19.4. The summed E-state index contributed by atoms with van der Waals surface area (Å²) in [7, 11) is 2.12. The summed E-state index contributed by atoms with van der Waals surface area (Å²) < 4.78 is 26.7. The minimum atomic E-state index is -0.333. The number of carbonyl (C=O) groups is 1. The molecule has 6 rings (SSSR count). The number of carbonyl (C=O) groups excluding carboxylic acids is 1. The van der Waals surface area contributed by atoms with Crippen LogP contribution in [0.1, 0.15) is 47.8 Å². The zero-order valence-electron chi connectivity index (χ0n) is 23.2. The minimum Gasteiger partial charge on any atom is -0.508 e. The third-order valence-electron chi connectivity index (χ3n) is 8.18. The van der Waals surface area contributed by atoms with Crippen LogP contribution in [0.4, 0.5) is 15.9 Å². The SMILES string of the molecule is CCc1c(F)ccc2cc(O)cc(N3Cc4nc(OCC5CCCN(C)C5)nc(N5CCCOCC5)c4C3=O)c12. The molecule has 3 aromatic rings. The summed E-state index contributed by atoms with van der Waals surface area (Å²) in [6.07, 6.45) is 3.50. The summed E-state index contributed by atoms with van der Waals surface area (Å²) in [5, 5.41) is 11.8. The number of hydrogen-bond acceptors (Lipinski definition) is 8. The van der Waals surface area contributed by atoms with Crippen molar-refractivity contribution < 1.29 is 23.8 Å². The molecule has 1 unspecified atom stereocenters. The monoisotopic (exact) mass is 549 g/mol. The molecule has 1 amide bonds. The molecule has 1 atom stereocenters. The van der Waals surface area contributed by atoms with Gasteiger partial charge in [-0.05, 0) is 62.4 Å². The average molecular weight is 550 g/mol. The maximum Gasteiger partial charge on any atom is 0.318 e. The number of piperidine rings is 1. The van der Waals surface area contributed by atoms with Crippen molar-refractivity contribution in [2.75, 3.05) is 62.8 Å². The Bertz CT molecular complexity index is 1430. The smallest absolute Gasteiger partial charge is 0.318 e. The van der Waals surface area contributed by atoms with Gasteiger partial charge in [0.05, 0.1) is 31.1 Å². The van der Waals surface area contributed by atoms with Gasteiger partial charge in [0.2, 0.25) is 0 Å². The van der Waals surface area contributed by atoms with Gasteiger partial charge in [0, 0.05) is 43.6 Å². The number of ether oxygens (including phenoxy) is 2. The lowest BCUT2D eigenvalue weighted by Gasteiger charge is -2.29. The molecular weight excluding hydrogens is 513 g/mol.